The SMILES string of the molecule is COc1cc(Cc2cnc(N(C(=O)OC(C)(C)C)C(=O)OC(C)(C)C)nc2N(C(=O)OC(C)(C)C)C(=O)OC(C)(C)C)cc(C#CCCC(=O)OCc2ccccc2)c1Br. The zero-order valence-electron chi connectivity index (χ0n) is 36.6. The number of methoxy groups -OCH3 is 1. The van der Waals surface area contributed by atoms with Gasteiger partial charge in [0.05, 0.1) is 18.0 Å². The fourth-order valence-corrected chi connectivity index (χ4v) is 5.37. The van der Waals surface area contributed by atoms with Gasteiger partial charge >= 0.3 is 30.3 Å². The van der Waals surface area contributed by atoms with Crippen molar-refractivity contribution >= 4 is 58.0 Å². The lowest BCUT2D eigenvalue weighted by atomic mass is 10.0. The van der Waals surface area contributed by atoms with Crippen LogP contribution in [0.2, 0.25) is 0 Å². The Morgan fingerprint density at radius 3 is 1.68 bits per heavy atom. The Balaban J connectivity index is 2.19. The third kappa shape index (κ3) is 15.8. The maximum absolute atomic E-state index is 14.0. The lowest BCUT2D eigenvalue weighted by Crippen LogP contribution is -2.46. The largest absolute Gasteiger partial charge is 0.496 e. The number of benzene rings is 2. The zero-order valence-corrected chi connectivity index (χ0v) is 38.2. The summed E-state index contributed by atoms with van der Waals surface area (Å²) < 4.78 is 33.9. The first-order valence-electron chi connectivity index (χ1n) is 19.1. The number of anilines is 2. The van der Waals surface area contributed by atoms with Crippen molar-refractivity contribution < 1.29 is 52.4 Å². The summed E-state index contributed by atoms with van der Waals surface area (Å²) in [5, 5.41) is 0. The standard InChI is InChI=1S/C44H55BrN4O11/c1-41(2,3)57-37(51)48(38(52)58-42(4,5)6)35-31(26-46-36(47-35)49(39(53)59-43(7,8)9)40(54)60-44(10,11)12)24-29-23-30(34(45)32(25-29)55-13)21-17-18-22-33(50)56-27-28-19-15-14-16-20-28/h14-16,19-20,23,25-26H,18,22,24,27H2,1-13H3. The summed E-state index contributed by atoms with van der Waals surface area (Å²) in [4.78, 5) is 77.5. The molecule has 2 aromatic carbocycles. The van der Waals surface area contributed by atoms with E-state index in [-0.39, 0.29) is 37.3 Å². The summed E-state index contributed by atoms with van der Waals surface area (Å²) >= 11 is 3.55. The van der Waals surface area contributed by atoms with E-state index in [0.29, 0.717) is 31.1 Å². The molecule has 1 aromatic heterocycles. The van der Waals surface area contributed by atoms with Crippen LogP contribution in [0.1, 0.15) is 118 Å². The Morgan fingerprint density at radius 2 is 1.20 bits per heavy atom. The summed E-state index contributed by atoms with van der Waals surface area (Å²) in [6.07, 6.45) is -3.21. The van der Waals surface area contributed by atoms with E-state index in [1.165, 1.54) is 13.3 Å². The van der Waals surface area contributed by atoms with E-state index < -0.39 is 58.7 Å². The molecule has 3 rings (SSSR count). The number of nitrogens with zero attached hydrogens (tertiary/aromatic N) is 4. The molecule has 15 nitrogen and oxygen atoms in total. The molecule has 4 amide bonds. The molecule has 0 bridgehead atoms. The number of carbonyl (C=O) groups excluding carboxylic acids is 5. The number of aromatic nitrogens is 2. The molecule has 0 spiro atoms. The summed E-state index contributed by atoms with van der Waals surface area (Å²) in [5.41, 5.74) is -2.21. The van der Waals surface area contributed by atoms with Gasteiger partial charge in [0.15, 0.2) is 5.82 Å². The van der Waals surface area contributed by atoms with Crippen molar-refractivity contribution in [2.75, 3.05) is 16.9 Å². The lowest BCUT2D eigenvalue weighted by Gasteiger charge is -2.30. The topological polar surface area (TPSA) is 173 Å². The van der Waals surface area contributed by atoms with Gasteiger partial charge < -0.3 is 28.4 Å². The first kappa shape index (κ1) is 48.7. The van der Waals surface area contributed by atoms with Gasteiger partial charge in [-0.15, -0.1) is 4.90 Å². The first-order chi connectivity index (χ1) is 27.7. The molecule has 0 N–H and O–H groups in total. The van der Waals surface area contributed by atoms with Gasteiger partial charge in [-0.3, -0.25) is 4.79 Å². The van der Waals surface area contributed by atoms with Crippen LogP contribution in [-0.4, -0.2) is 69.8 Å². The Labute approximate surface area is 360 Å². The maximum atomic E-state index is 14.0. The Hall–Kier alpha value is -5.69. The minimum Gasteiger partial charge on any atom is -0.496 e. The van der Waals surface area contributed by atoms with Crippen molar-refractivity contribution in [2.24, 2.45) is 0 Å². The summed E-state index contributed by atoms with van der Waals surface area (Å²) in [7, 11) is 1.47. The van der Waals surface area contributed by atoms with Gasteiger partial charge in [-0.05, 0) is 122 Å². The normalized spacial score (nSPS) is 11.6. The first-order valence-corrected chi connectivity index (χ1v) is 19.9. The van der Waals surface area contributed by atoms with E-state index in [4.69, 9.17) is 28.4 Å². The Morgan fingerprint density at radius 1 is 0.700 bits per heavy atom. The molecule has 0 unspecified atom stereocenters. The van der Waals surface area contributed by atoms with E-state index in [1.54, 1.807) is 95.2 Å². The number of carbonyl (C=O) groups is 5. The number of hydrogen-bond donors (Lipinski definition) is 0. The average Bonchev–Trinajstić information content (AvgIpc) is 3.08. The van der Waals surface area contributed by atoms with Crippen LogP contribution < -0.4 is 14.5 Å². The fraction of sp³-hybridized carbons (Fsp3) is 0.477. The van der Waals surface area contributed by atoms with E-state index in [2.05, 4.69) is 37.7 Å². The predicted octanol–water partition coefficient (Wildman–Crippen LogP) is 10.1. The summed E-state index contributed by atoms with van der Waals surface area (Å²) in [5.74, 6) is 5.13. The van der Waals surface area contributed by atoms with Crippen molar-refractivity contribution in [3.05, 3.63) is 75.4 Å². The minimum atomic E-state index is -1.18. The van der Waals surface area contributed by atoms with Crippen molar-refractivity contribution in [3.8, 4) is 17.6 Å². The van der Waals surface area contributed by atoms with E-state index >= 15 is 0 Å². The molecule has 0 radical (unpaired) electrons. The highest BCUT2D eigenvalue weighted by Gasteiger charge is 2.39. The van der Waals surface area contributed by atoms with Gasteiger partial charge in [0.25, 0.3) is 0 Å². The zero-order chi connectivity index (χ0) is 45.2. The molecular weight excluding hydrogens is 840 g/mol. The number of amides is 4. The third-order valence-electron chi connectivity index (χ3n) is 7.18. The highest BCUT2D eigenvalue weighted by atomic mass is 79.9. The van der Waals surface area contributed by atoms with Crippen LogP contribution in [0.25, 0.3) is 0 Å². The number of halogens is 1. The predicted molar refractivity (Wildman–Crippen MR) is 228 cm³/mol. The third-order valence-corrected chi connectivity index (χ3v) is 8.00. The highest BCUT2D eigenvalue weighted by Crippen LogP contribution is 2.33. The summed E-state index contributed by atoms with van der Waals surface area (Å²) in [6.45, 7) is 19.5. The maximum Gasteiger partial charge on any atom is 0.427 e. The fourth-order valence-electron chi connectivity index (χ4n) is 4.88. The molecule has 0 atom stereocenters. The van der Waals surface area contributed by atoms with Crippen molar-refractivity contribution in [3.63, 3.8) is 0 Å². The van der Waals surface area contributed by atoms with Crippen LogP contribution in [0, 0.1) is 11.8 Å². The van der Waals surface area contributed by atoms with Crippen molar-refractivity contribution in [1.82, 2.24) is 9.97 Å². The monoisotopic (exact) mass is 894 g/mol. The number of ether oxygens (including phenoxy) is 6. The smallest absolute Gasteiger partial charge is 0.427 e. The lowest BCUT2D eigenvalue weighted by molar-refractivity contribution is -0.144. The van der Waals surface area contributed by atoms with Crippen LogP contribution in [0.3, 0.4) is 0 Å². The highest BCUT2D eigenvalue weighted by molar-refractivity contribution is 9.10. The molecule has 60 heavy (non-hydrogen) atoms. The molecule has 0 aliphatic heterocycles. The second-order valence-corrected chi connectivity index (χ2v) is 18.2. The van der Waals surface area contributed by atoms with Gasteiger partial charge in [0.1, 0.15) is 34.8 Å². The molecule has 324 valence electrons. The van der Waals surface area contributed by atoms with Crippen LogP contribution >= 0.6 is 15.9 Å². The molecular formula is C44H55BrN4O11. The van der Waals surface area contributed by atoms with Gasteiger partial charge in [0, 0.05) is 30.2 Å². The molecule has 0 saturated heterocycles. The average molecular weight is 896 g/mol. The number of esters is 1. The van der Waals surface area contributed by atoms with Crippen molar-refractivity contribution in [2.45, 2.75) is 131 Å². The van der Waals surface area contributed by atoms with Gasteiger partial charge in [-0.25, -0.2) is 24.2 Å². The van der Waals surface area contributed by atoms with E-state index in [9.17, 15) is 24.0 Å². The van der Waals surface area contributed by atoms with Crippen LogP contribution in [0.4, 0.5) is 30.9 Å². The van der Waals surface area contributed by atoms with Gasteiger partial charge in [0.2, 0.25) is 5.95 Å². The van der Waals surface area contributed by atoms with Crippen LogP contribution in [-0.2, 0) is 41.5 Å². The summed E-state index contributed by atoms with van der Waals surface area (Å²) in [6, 6.07) is 12.8. The molecule has 16 heteroatoms. The molecule has 0 fully saturated rings. The van der Waals surface area contributed by atoms with Crippen molar-refractivity contribution in [1.29, 1.82) is 0 Å². The number of imide groups is 2. The van der Waals surface area contributed by atoms with E-state index in [0.717, 1.165) is 5.56 Å². The molecule has 0 aliphatic carbocycles. The second kappa shape index (κ2) is 20.0. The molecule has 1 heterocycles. The Kier molecular flexibility index (Phi) is 16.3. The number of rotatable bonds is 9. The number of hydrogen-bond acceptors (Lipinski definition) is 13. The Bertz CT molecular complexity index is 2050. The van der Waals surface area contributed by atoms with Crippen LogP contribution in [0.5, 0.6) is 5.75 Å². The van der Waals surface area contributed by atoms with Crippen LogP contribution in [0.15, 0.2) is 53.1 Å². The second-order valence-electron chi connectivity index (χ2n) is 17.4. The quantitative estimate of drug-likeness (QED) is 0.113. The molecule has 0 aliphatic rings. The molecule has 0 saturated carbocycles. The molecule has 3 aromatic rings. The van der Waals surface area contributed by atoms with Gasteiger partial charge in [-0.1, -0.05) is 42.2 Å². The van der Waals surface area contributed by atoms with Gasteiger partial charge in [-0.2, -0.15) is 9.88 Å². The minimum absolute atomic E-state index is 0.0548. The van der Waals surface area contributed by atoms with E-state index in [1.807, 2.05) is 30.3 Å².